The Labute approximate surface area is 125 Å². The first kappa shape index (κ1) is 17.3. The van der Waals surface area contributed by atoms with Crippen LogP contribution in [0.5, 0.6) is 0 Å². The number of guanidine groups is 1. The number of likely N-dealkylation sites (tertiary alicyclic amines) is 1. The molecule has 0 unspecified atom stereocenters. The maximum atomic E-state index is 4.31. The van der Waals surface area contributed by atoms with Crippen LogP contribution in [-0.4, -0.2) is 49.6 Å². The van der Waals surface area contributed by atoms with Gasteiger partial charge in [0.25, 0.3) is 0 Å². The Kier molecular flexibility index (Phi) is 7.97. The van der Waals surface area contributed by atoms with E-state index in [0.717, 1.165) is 19.0 Å². The molecular formula is C16H34N4. The van der Waals surface area contributed by atoms with Gasteiger partial charge in [0.05, 0.1) is 0 Å². The minimum atomic E-state index is 0.196. The van der Waals surface area contributed by atoms with E-state index in [0.29, 0.717) is 0 Å². The van der Waals surface area contributed by atoms with Crippen molar-refractivity contribution in [3.63, 3.8) is 0 Å². The number of unbranched alkanes of at least 4 members (excludes halogenated alkanes) is 2. The van der Waals surface area contributed by atoms with Crippen molar-refractivity contribution >= 4 is 5.96 Å². The van der Waals surface area contributed by atoms with Crippen LogP contribution in [0.25, 0.3) is 0 Å². The van der Waals surface area contributed by atoms with E-state index in [-0.39, 0.29) is 5.54 Å². The predicted molar refractivity (Wildman–Crippen MR) is 88.4 cm³/mol. The van der Waals surface area contributed by atoms with Crippen molar-refractivity contribution in [2.45, 2.75) is 64.8 Å². The third-order valence-corrected chi connectivity index (χ3v) is 4.20. The molecule has 1 aliphatic rings. The second kappa shape index (κ2) is 9.22. The van der Waals surface area contributed by atoms with Crippen LogP contribution in [0.1, 0.15) is 59.3 Å². The Morgan fingerprint density at radius 3 is 2.40 bits per heavy atom. The Morgan fingerprint density at radius 1 is 1.10 bits per heavy atom. The number of nitrogens with zero attached hydrogens (tertiary/aromatic N) is 2. The highest BCUT2D eigenvalue weighted by atomic mass is 15.2. The maximum Gasteiger partial charge on any atom is 0.191 e. The fraction of sp³-hybridized carbons (Fsp3) is 0.938. The number of piperidine rings is 1. The highest BCUT2D eigenvalue weighted by Crippen LogP contribution is 2.19. The lowest BCUT2D eigenvalue weighted by molar-refractivity contribution is 0.0982. The smallest absolute Gasteiger partial charge is 0.191 e. The summed E-state index contributed by atoms with van der Waals surface area (Å²) in [4.78, 5) is 6.91. The minimum absolute atomic E-state index is 0.196. The van der Waals surface area contributed by atoms with E-state index in [4.69, 9.17) is 0 Å². The summed E-state index contributed by atoms with van der Waals surface area (Å²) in [7, 11) is 1.85. The molecule has 0 spiro atoms. The van der Waals surface area contributed by atoms with E-state index in [1.807, 2.05) is 7.05 Å². The summed E-state index contributed by atoms with van der Waals surface area (Å²) < 4.78 is 0. The van der Waals surface area contributed by atoms with E-state index in [9.17, 15) is 0 Å². The quantitative estimate of drug-likeness (QED) is 0.428. The summed E-state index contributed by atoms with van der Waals surface area (Å²) in [5, 5.41) is 6.88. The third-order valence-electron chi connectivity index (χ3n) is 4.20. The van der Waals surface area contributed by atoms with Crippen LogP contribution in [0.15, 0.2) is 4.99 Å². The highest BCUT2D eigenvalue weighted by molar-refractivity contribution is 5.79. The van der Waals surface area contributed by atoms with Crippen molar-refractivity contribution in [3.05, 3.63) is 0 Å². The van der Waals surface area contributed by atoms with Crippen molar-refractivity contribution < 1.29 is 0 Å². The summed E-state index contributed by atoms with van der Waals surface area (Å²) in [5.74, 6) is 0.936. The molecule has 4 nitrogen and oxygen atoms in total. The van der Waals surface area contributed by atoms with Crippen LogP contribution < -0.4 is 10.6 Å². The fourth-order valence-corrected chi connectivity index (χ4v) is 2.71. The molecule has 1 heterocycles. The molecule has 0 amide bonds. The molecule has 0 aromatic heterocycles. The third kappa shape index (κ3) is 6.12. The summed E-state index contributed by atoms with van der Waals surface area (Å²) in [6.45, 7) is 11.3. The predicted octanol–water partition coefficient (Wildman–Crippen LogP) is 2.61. The van der Waals surface area contributed by atoms with Crippen molar-refractivity contribution in [1.29, 1.82) is 0 Å². The molecule has 118 valence electrons. The first-order valence-electron chi connectivity index (χ1n) is 8.29. The van der Waals surface area contributed by atoms with Crippen molar-refractivity contribution in [2.75, 3.05) is 33.2 Å². The Morgan fingerprint density at radius 2 is 1.80 bits per heavy atom. The van der Waals surface area contributed by atoms with Gasteiger partial charge in [-0.25, -0.2) is 0 Å². The van der Waals surface area contributed by atoms with E-state index >= 15 is 0 Å². The van der Waals surface area contributed by atoms with Gasteiger partial charge in [0.2, 0.25) is 0 Å². The molecule has 0 atom stereocenters. The Hall–Kier alpha value is -0.770. The highest BCUT2D eigenvalue weighted by Gasteiger charge is 2.27. The molecule has 0 aromatic carbocycles. The second-order valence-corrected chi connectivity index (χ2v) is 6.42. The van der Waals surface area contributed by atoms with Gasteiger partial charge in [-0.1, -0.05) is 26.2 Å². The van der Waals surface area contributed by atoms with Gasteiger partial charge in [0, 0.05) is 25.7 Å². The summed E-state index contributed by atoms with van der Waals surface area (Å²) in [6.07, 6.45) is 7.83. The zero-order valence-electron chi connectivity index (χ0n) is 14.0. The van der Waals surface area contributed by atoms with Gasteiger partial charge in [0.1, 0.15) is 0 Å². The van der Waals surface area contributed by atoms with Crippen LogP contribution in [-0.2, 0) is 0 Å². The van der Waals surface area contributed by atoms with Crippen molar-refractivity contribution in [2.24, 2.45) is 4.99 Å². The Balaban J connectivity index is 2.30. The van der Waals surface area contributed by atoms with Crippen LogP contribution in [0, 0.1) is 0 Å². The molecule has 0 aromatic rings. The summed E-state index contributed by atoms with van der Waals surface area (Å²) >= 11 is 0. The lowest BCUT2D eigenvalue weighted by Gasteiger charge is -2.41. The lowest BCUT2D eigenvalue weighted by atomic mass is 9.98. The monoisotopic (exact) mass is 282 g/mol. The number of rotatable bonds is 7. The summed E-state index contributed by atoms with van der Waals surface area (Å²) in [5.41, 5.74) is 0.196. The fourth-order valence-electron chi connectivity index (χ4n) is 2.71. The zero-order chi connectivity index (χ0) is 14.8. The standard InChI is InChI=1S/C16H34N4/c1-5-6-8-11-18-15(17-4)19-14-16(2,3)20-12-9-7-10-13-20/h5-14H2,1-4H3,(H2,17,18,19). The largest absolute Gasteiger partial charge is 0.356 e. The molecule has 0 aliphatic carbocycles. The first-order chi connectivity index (χ1) is 9.60. The van der Waals surface area contributed by atoms with Gasteiger partial charge in [-0.05, 0) is 46.2 Å². The van der Waals surface area contributed by atoms with Crippen molar-refractivity contribution in [1.82, 2.24) is 15.5 Å². The topological polar surface area (TPSA) is 39.7 Å². The SMILES string of the molecule is CCCCCNC(=NC)NCC(C)(C)N1CCCCC1. The van der Waals surface area contributed by atoms with Gasteiger partial charge in [-0.3, -0.25) is 9.89 Å². The number of hydrogen-bond donors (Lipinski definition) is 2. The van der Waals surface area contributed by atoms with Crippen LogP contribution in [0.3, 0.4) is 0 Å². The molecule has 0 radical (unpaired) electrons. The average molecular weight is 282 g/mol. The molecule has 1 aliphatic heterocycles. The van der Waals surface area contributed by atoms with Gasteiger partial charge in [-0.15, -0.1) is 0 Å². The molecule has 0 saturated carbocycles. The summed E-state index contributed by atoms with van der Waals surface area (Å²) in [6, 6.07) is 0. The number of hydrogen-bond acceptors (Lipinski definition) is 2. The number of nitrogens with one attached hydrogen (secondary N) is 2. The Bertz CT molecular complexity index is 280. The van der Waals surface area contributed by atoms with Gasteiger partial charge >= 0.3 is 0 Å². The van der Waals surface area contributed by atoms with Crippen molar-refractivity contribution in [3.8, 4) is 0 Å². The molecule has 1 saturated heterocycles. The zero-order valence-corrected chi connectivity index (χ0v) is 14.0. The van der Waals surface area contributed by atoms with E-state index < -0.39 is 0 Å². The van der Waals surface area contributed by atoms with Crippen LogP contribution >= 0.6 is 0 Å². The normalized spacial score (nSPS) is 18.1. The maximum absolute atomic E-state index is 4.31. The number of aliphatic imine (C=N–C) groups is 1. The van der Waals surface area contributed by atoms with Gasteiger partial charge < -0.3 is 10.6 Å². The lowest BCUT2D eigenvalue weighted by Crippen LogP contribution is -2.54. The van der Waals surface area contributed by atoms with E-state index in [1.165, 1.54) is 51.6 Å². The molecule has 1 fully saturated rings. The first-order valence-corrected chi connectivity index (χ1v) is 8.29. The molecule has 20 heavy (non-hydrogen) atoms. The molecular weight excluding hydrogens is 248 g/mol. The van der Waals surface area contributed by atoms with Gasteiger partial charge in [0.15, 0.2) is 5.96 Å². The van der Waals surface area contributed by atoms with Crippen LogP contribution in [0.4, 0.5) is 0 Å². The minimum Gasteiger partial charge on any atom is -0.356 e. The molecule has 1 rings (SSSR count). The molecule has 4 heteroatoms. The second-order valence-electron chi connectivity index (χ2n) is 6.42. The van der Waals surface area contributed by atoms with E-state index in [2.05, 4.69) is 41.3 Å². The molecule has 0 bridgehead atoms. The molecule has 2 N–H and O–H groups in total. The van der Waals surface area contributed by atoms with E-state index in [1.54, 1.807) is 0 Å². The average Bonchev–Trinajstić information content (AvgIpc) is 2.47. The van der Waals surface area contributed by atoms with Gasteiger partial charge in [-0.2, -0.15) is 0 Å². The van der Waals surface area contributed by atoms with Crippen LogP contribution in [0.2, 0.25) is 0 Å².